The normalized spacial score (nSPS) is 11.1. The Labute approximate surface area is 124 Å². The lowest BCUT2D eigenvalue weighted by Gasteiger charge is -2.19. The molecule has 2 N–H and O–H groups in total. The molecule has 1 heterocycles. The Morgan fingerprint density at radius 1 is 1.35 bits per heavy atom. The summed E-state index contributed by atoms with van der Waals surface area (Å²) in [5.74, 6) is 0.710. The summed E-state index contributed by atoms with van der Waals surface area (Å²) in [4.78, 5) is 19.4. The maximum atomic E-state index is 11.4. The number of hydrogen-bond donors (Lipinski definition) is 2. The Bertz CT molecular complexity index is 460. The molecule has 20 heavy (non-hydrogen) atoms. The number of nitrogens with zero attached hydrogens (tertiary/aromatic N) is 2. The predicted octanol–water partition coefficient (Wildman–Crippen LogP) is 2.77. The quantitative estimate of drug-likeness (QED) is 0.646. The molecule has 0 atom stereocenters. The molecule has 0 radical (unpaired) electrons. The molecule has 112 valence electrons. The van der Waals surface area contributed by atoms with Crippen LogP contribution in [0.3, 0.4) is 0 Å². The van der Waals surface area contributed by atoms with Gasteiger partial charge < -0.3 is 15.4 Å². The molecule has 0 aliphatic carbocycles. The van der Waals surface area contributed by atoms with Crippen LogP contribution in [0.2, 0.25) is 5.15 Å². The van der Waals surface area contributed by atoms with E-state index in [0.717, 1.165) is 12.0 Å². The molecule has 6 nitrogen and oxygen atoms in total. The molecule has 7 heteroatoms. The smallest absolute Gasteiger partial charge is 0.407 e. The number of aromatic nitrogens is 2. The van der Waals surface area contributed by atoms with Gasteiger partial charge in [-0.15, -0.1) is 0 Å². The minimum Gasteiger partial charge on any atom is -0.444 e. The van der Waals surface area contributed by atoms with Crippen LogP contribution in [0.1, 0.15) is 32.8 Å². The van der Waals surface area contributed by atoms with E-state index in [-0.39, 0.29) is 0 Å². The number of rotatable bonds is 5. The zero-order chi connectivity index (χ0) is 15.2. The van der Waals surface area contributed by atoms with E-state index >= 15 is 0 Å². The van der Waals surface area contributed by atoms with Crippen LogP contribution in [0.15, 0.2) is 6.33 Å². The van der Waals surface area contributed by atoms with E-state index < -0.39 is 11.7 Å². The first kappa shape index (κ1) is 16.5. The van der Waals surface area contributed by atoms with Gasteiger partial charge in [-0.3, -0.25) is 0 Å². The molecule has 0 bridgehead atoms. The second kappa shape index (κ2) is 7.28. The van der Waals surface area contributed by atoms with Gasteiger partial charge in [-0.2, -0.15) is 0 Å². The van der Waals surface area contributed by atoms with Gasteiger partial charge in [0.1, 0.15) is 22.9 Å². The van der Waals surface area contributed by atoms with Crippen molar-refractivity contribution in [3.63, 3.8) is 0 Å². The first-order valence-electron chi connectivity index (χ1n) is 6.47. The first-order chi connectivity index (χ1) is 9.29. The summed E-state index contributed by atoms with van der Waals surface area (Å²) < 4.78 is 5.13. The molecule has 1 rings (SSSR count). The van der Waals surface area contributed by atoms with Gasteiger partial charge >= 0.3 is 6.09 Å². The molecule has 0 aliphatic rings. The monoisotopic (exact) mass is 300 g/mol. The SMILES string of the molecule is Cc1c(Cl)ncnc1NCCCNC(=O)OC(C)(C)C. The number of hydrogen-bond acceptors (Lipinski definition) is 5. The van der Waals surface area contributed by atoms with Crippen molar-refractivity contribution in [1.29, 1.82) is 0 Å². The number of alkyl carbamates (subject to hydrolysis) is 1. The molecular weight excluding hydrogens is 280 g/mol. The number of carbonyl (C=O) groups excluding carboxylic acids is 1. The summed E-state index contributed by atoms with van der Waals surface area (Å²) in [5, 5.41) is 6.28. The third-order valence-electron chi connectivity index (χ3n) is 2.34. The highest BCUT2D eigenvalue weighted by atomic mass is 35.5. The van der Waals surface area contributed by atoms with E-state index in [1.165, 1.54) is 6.33 Å². The van der Waals surface area contributed by atoms with Crippen molar-refractivity contribution in [3.8, 4) is 0 Å². The van der Waals surface area contributed by atoms with Crippen molar-refractivity contribution in [2.24, 2.45) is 0 Å². The van der Waals surface area contributed by atoms with Crippen LogP contribution in [-0.2, 0) is 4.74 Å². The van der Waals surface area contributed by atoms with Crippen molar-refractivity contribution in [2.75, 3.05) is 18.4 Å². The summed E-state index contributed by atoms with van der Waals surface area (Å²) in [6, 6.07) is 0. The van der Waals surface area contributed by atoms with Gasteiger partial charge in [-0.1, -0.05) is 11.6 Å². The number of amides is 1. The molecule has 0 unspecified atom stereocenters. The molecule has 0 saturated heterocycles. The Morgan fingerprint density at radius 3 is 2.70 bits per heavy atom. The van der Waals surface area contributed by atoms with Gasteiger partial charge in [-0.05, 0) is 34.1 Å². The molecule has 0 fully saturated rings. The van der Waals surface area contributed by atoms with E-state index in [0.29, 0.717) is 24.1 Å². The van der Waals surface area contributed by atoms with E-state index in [9.17, 15) is 4.79 Å². The Kier molecular flexibility index (Phi) is 6.01. The number of nitrogens with one attached hydrogen (secondary N) is 2. The highest BCUT2D eigenvalue weighted by Crippen LogP contribution is 2.17. The second-order valence-electron chi connectivity index (χ2n) is 5.35. The zero-order valence-electron chi connectivity index (χ0n) is 12.3. The van der Waals surface area contributed by atoms with Crippen LogP contribution in [0.5, 0.6) is 0 Å². The Morgan fingerprint density at radius 2 is 2.05 bits per heavy atom. The Balaban J connectivity index is 2.23. The molecule has 1 aromatic rings. The van der Waals surface area contributed by atoms with Crippen molar-refractivity contribution in [2.45, 2.75) is 39.7 Å². The summed E-state index contributed by atoms with van der Waals surface area (Å²) in [6.45, 7) is 8.54. The zero-order valence-corrected chi connectivity index (χ0v) is 13.0. The summed E-state index contributed by atoms with van der Waals surface area (Å²) in [6.07, 6.45) is 1.76. The molecule has 0 saturated carbocycles. The van der Waals surface area contributed by atoms with E-state index in [4.69, 9.17) is 16.3 Å². The molecule has 0 spiro atoms. The van der Waals surface area contributed by atoms with Crippen LogP contribution in [-0.4, -0.2) is 34.8 Å². The average molecular weight is 301 g/mol. The molecule has 0 aliphatic heterocycles. The fourth-order valence-corrected chi connectivity index (χ4v) is 1.54. The standard InChI is InChI=1S/C13H21ClN4O2/c1-9-10(14)17-8-18-11(9)15-6-5-7-16-12(19)20-13(2,3)4/h8H,5-7H2,1-4H3,(H,16,19)(H,15,17,18). The van der Waals surface area contributed by atoms with E-state index in [2.05, 4.69) is 20.6 Å². The molecular formula is C13H21ClN4O2. The third-order valence-corrected chi connectivity index (χ3v) is 2.72. The van der Waals surface area contributed by atoms with Crippen molar-refractivity contribution < 1.29 is 9.53 Å². The third kappa shape index (κ3) is 6.06. The average Bonchev–Trinajstić information content (AvgIpc) is 2.31. The fraction of sp³-hybridized carbons (Fsp3) is 0.615. The largest absolute Gasteiger partial charge is 0.444 e. The van der Waals surface area contributed by atoms with Crippen LogP contribution in [0.4, 0.5) is 10.6 Å². The van der Waals surface area contributed by atoms with Crippen LogP contribution in [0.25, 0.3) is 0 Å². The maximum Gasteiger partial charge on any atom is 0.407 e. The number of anilines is 1. The van der Waals surface area contributed by atoms with Crippen molar-refractivity contribution >= 4 is 23.5 Å². The van der Waals surface area contributed by atoms with Gasteiger partial charge in [-0.25, -0.2) is 14.8 Å². The summed E-state index contributed by atoms with van der Waals surface area (Å²) in [7, 11) is 0. The fourth-order valence-electron chi connectivity index (χ4n) is 1.41. The lowest BCUT2D eigenvalue weighted by Crippen LogP contribution is -2.33. The highest BCUT2D eigenvalue weighted by Gasteiger charge is 2.15. The maximum absolute atomic E-state index is 11.4. The van der Waals surface area contributed by atoms with Crippen LogP contribution in [0, 0.1) is 6.92 Å². The van der Waals surface area contributed by atoms with Gasteiger partial charge in [0.15, 0.2) is 0 Å². The second-order valence-corrected chi connectivity index (χ2v) is 5.71. The van der Waals surface area contributed by atoms with Gasteiger partial charge in [0.2, 0.25) is 0 Å². The summed E-state index contributed by atoms with van der Waals surface area (Å²) in [5.41, 5.74) is 0.339. The lowest BCUT2D eigenvalue weighted by molar-refractivity contribution is 0.0528. The van der Waals surface area contributed by atoms with Crippen molar-refractivity contribution in [3.05, 3.63) is 17.0 Å². The van der Waals surface area contributed by atoms with E-state index in [1.54, 1.807) is 0 Å². The Hall–Kier alpha value is -1.56. The summed E-state index contributed by atoms with van der Waals surface area (Å²) >= 11 is 5.89. The lowest BCUT2D eigenvalue weighted by atomic mass is 10.2. The molecule has 1 amide bonds. The highest BCUT2D eigenvalue weighted by molar-refractivity contribution is 6.30. The van der Waals surface area contributed by atoms with Crippen molar-refractivity contribution in [1.82, 2.24) is 15.3 Å². The minimum absolute atomic E-state index is 0.404. The van der Waals surface area contributed by atoms with Gasteiger partial charge in [0.05, 0.1) is 0 Å². The van der Waals surface area contributed by atoms with Gasteiger partial charge in [0.25, 0.3) is 0 Å². The van der Waals surface area contributed by atoms with Crippen LogP contribution < -0.4 is 10.6 Å². The minimum atomic E-state index is -0.475. The van der Waals surface area contributed by atoms with Crippen LogP contribution >= 0.6 is 11.6 Å². The number of ether oxygens (including phenoxy) is 1. The number of halogens is 1. The molecule has 0 aromatic carbocycles. The number of carbonyl (C=O) groups is 1. The predicted molar refractivity (Wildman–Crippen MR) is 79.1 cm³/mol. The topological polar surface area (TPSA) is 76.1 Å². The first-order valence-corrected chi connectivity index (χ1v) is 6.85. The van der Waals surface area contributed by atoms with Gasteiger partial charge in [0, 0.05) is 18.7 Å². The molecule has 1 aromatic heterocycles. The van der Waals surface area contributed by atoms with E-state index in [1.807, 2.05) is 27.7 Å².